The fourth-order valence-electron chi connectivity index (χ4n) is 3.03. The van der Waals surface area contributed by atoms with Crippen molar-refractivity contribution in [3.63, 3.8) is 0 Å². The number of carbonyl (C=O) groups is 1. The van der Waals surface area contributed by atoms with Crippen LogP contribution in [0.5, 0.6) is 5.75 Å². The van der Waals surface area contributed by atoms with Gasteiger partial charge < -0.3 is 15.2 Å². The largest absolute Gasteiger partial charge is 0.506 e. The standard InChI is InChI=1S/C14H18N2O3/c17-12-4-2-1-3-11(12)16-13(18)9-19-10-14(16)5-7-15-8-6-14/h1-4,15,17H,5-10H2. The van der Waals surface area contributed by atoms with Crippen molar-refractivity contribution in [3.05, 3.63) is 24.3 Å². The van der Waals surface area contributed by atoms with Crippen molar-refractivity contribution in [2.24, 2.45) is 0 Å². The predicted octanol–water partition coefficient (Wildman–Crippen LogP) is 0.878. The van der Waals surface area contributed by atoms with Crippen LogP contribution in [-0.2, 0) is 9.53 Å². The number of nitrogens with one attached hydrogen (secondary N) is 1. The quantitative estimate of drug-likeness (QED) is 0.788. The van der Waals surface area contributed by atoms with E-state index in [2.05, 4.69) is 5.32 Å². The molecule has 0 aliphatic carbocycles. The second-order valence-corrected chi connectivity index (χ2v) is 5.19. The minimum absolute atomic E-state index is 0.0744. The van der Waals surface area contributed by atoms with Crippen LogP contribution in [0.1, 0.15) is 12.8 Å². The monoisotopic (exact) mass is 262 g/mol. The predicted molar refractivity (Wildman–Crippen MR) is 71.2 cm³/mol. The molecule has 0 bridgehead atoms. The molecule has 0 unspecified atom stereocenters. The first-order valence-corrected chi connectivity index (χ1v) is 6.62. The molecule has 19 heavy (non-hydrogen) atoms. The van der Waals surface area contributed by atoms with Crippen molar-refractivity contribution >= 4 is 11.6 Å². The lowest BCUT2D eigenvalue weighted by Crippen LogP contribution is -2.63. The molecule has 1 aromatic carbocycles. The molecule has 2 aliphatic rings. The third-order valence-electron chi connectivity index (χ3n) is 3.98. The second kappa shape index (κ2) is 4.83. The van der Waals surface area contributed by atoms with Gasteiger partial charge in [-0.2, -0.15) is 0 Å². The van der Waals surface area contributed by atoms with Crippen LogP contribution >= 0.6 is 0 Å². The maximum absolute atomic E-state index is 12.3. The number of benzene rings is 1. The number of aromatic hydroxyl groups is 1. The number of carbonyl (C=O) groups excluding carboxylic acids is 1. The molecule has 0 aromatic heterocycles. The SMILES string of the molecule is O=C1COCC2(CCNCC2)N1c1ccccc1O. The zero-order chi connectivity index (χ0) is 13.3. The summed E-state index contributed by atoms with van der Waals surface area (Å²) in [5.74, 6) is 0.0744. The smallest absolute Gasteiger partial charge is 0.253 e. The first kappa shape index (κ1) is 12.4. The zero-order valence-electron chi connectivity index (χ0n) is 10.8. The van der Waals surface area contributed by atoms with Gasteiger partial charge >= 0.3 is 0 Å². The number of hydrogen-bond acceptors (Lipinski definition) is 4. The summed E-state index contributed by atoms with van der Waals surface area (Å²) >= 11 is 0. The van der Waals surface area contributed by atoms with E-state index >= 15 is 0 Å². The first-order chi connectivity index (χ1) is 9.23. The molecule has 2 heterocycles. The van der Waals surface area contributed by atoms with Gasteiger partial charge in [0.2, 0.25) is 0 Å². The Hall–Kier alpha value is -1.59. The highest BCUT2D eigenvalue weighted by atomic mass is 16.5. The molecule has 5 nitrogen and oxygen atoms in total. The van der Waals surface area contributed by atoms with Crippen molar-refractivity contribution < 1.29 is 14.6 Å². The van der Waals surface area contributed by atoms with Gasteiger partial charge in [-0.1, -0.05) is 12.1 Å². The molecule has 0 atom stereocenters. The summed E-state index contributed by atoms with van der Waals surface area (Å²) in [4.78, 5) is 14.0. The van der Waals surface area contributed by atoms with E-state index in [-0.39, 0.29) is 23.8 Å². The van der Waals surface area contributed by atoms with E-state index in [1.807, 2.05) is 6.07 Å². The number of rotatable bonds is 1. The molecule has 2 N–H and O–H groups in total. The van der Waals surface area contributed by atoms with Crippen LogP contribution in [0.3, 0.4) is 0 Å². The molecular formula is C14H18N2O3. The van der Waals surface area contributed by atoms with Crippen molar-refractivity contribution in [3.8, 4) is 5.75 Å². The minimum atomic E-state index is -0.320. The maximum atomic E-state index is 12.3. The number of hydrogen-bond donors (Lipinski definition) is 2. The van der Waals surface area contributed by atoms with Gasteiger partial charge in [0.25, 0.3) is 5.91 Å². The van der Waals surface area contributed by atoms with E-state index in [1.165, 1.54) is 0 Å². The van der Waals surface area contributed by atoms with E-state index in [0.29, 0.717) is 12.3 Å². The summed E-state index contributed by atoms with van der Waals surface area (Å²) in [5, 5.41) is 13.3. The summed E-state index contributed by atoms with van der Waals surface area (Å²) in [5.41, 5.74) is 0.275. The summed E-state index contributed by atoms with van der Waals surface area (Å²) in [7, 11) is 0. The average Bonchev–Trinajstić information content (AvgIpc) is 2.42. The van der Waals surface area contributed by atoms with Crippen LogP contribution in [0.25, 0.3) is 0 Å². The number of phenols is 1. The van der Waals surface area contributed by atoms with E-state index in [0.717, 1.165) is 25.9 Å². The Labute approximate surface area is 112 Å². The fourth-order valence-corrected chi connectivity index (χ4v) is 3.03. The van der Waals surface area contributed by atoms with Gasteiger partial charge in [0.15, 0.2) is 0 Å². The van der Waals surface area contributed by atoms with Gasteiger partial charge in [-0.3, -0.25) is 9.69 Å². The average molecular weight is 262 g/mol. The molecule has 102 valence electrons. The normalized spacial score (nSPS) is 22.7. The Bertz CT molecular complexity index is 478. The topological polar surface area (TPSA) is 61.8 Å². The molecule has 1 aromatic rings. The van der Waals surface area contributed by atoms with Gasteiger partial charge in [-0.15, -0.1) is 0 Å². The van der Waals surface area contributed by atoms with Crippen molar-refractivity contribution in [2.75, 3.05) is 31.2 Å². The van der Waals surface area contributed by atoms with Crippen molar-refractivity contribution in [2.45, 2.75) is 18.4 Å². The van der Waals surface area contributed by atoms with Gasteiger partial charge in [-0.05, 0) is 38.1 Å². The third-order valence-corrected chi connectivity index (χ3v) is 3.98. The van der Waals surface area contributed by atoms with Crippen molar-refractivity contribution in [1.29, 1.82) is 0 Å². The van der Waals surface area contributed by atoms with Gasteiger partial charge in [-0.25, -0.2) is 0 Å². The number of ether oxygens (including phenoxy) is 1. The van der Waals surface area contributed by atoms with Gasteiger partial charge in [0, 0.05) is 0 Å². The third kappa shape index (κ3) is 2.09. The van der Waals surface area contributed by atoms with E-state index < -0.39 is 0 Å². The summed E-state index contributed by atoms with van der Waals surface area (Å²) in [6.45, 7) is 2.35. The van der Waals surface area contributed by atoms with Crippen LogP contribution in [0, 0.1) is 0 Å². The Kier molecular flexibility index (Phi) is 3.16. The molecule has 2 saturated heterocycles. The molecule has 5 heteroatoms. The Morgan fingerprint density at radius 1 is 1.26 bits per heavy atom. The van der Waals surface area contributed by atoms with E-state index in [9.17, 15) is 9.90 Å². The number of phenolic OH excluding ortho intramolecular Hbond substituents is 1. The van der Waals surface area contributed by atoms with Crippen LogP contribution in [-0.4, -0.2) is 42.9 Å². The van der Waals surface area contributed by atoms with Crippen LogP contribution < -0.4 is 10.2 Å². The van der Waals surface area contributed by atoms with Gasteiger partial charge in [0.1, 0.15) is 12.4 Å². The Morgan fingerprint density at radius 2 is 2.00 bits per heavy atom. The molecular weight excluding hydrogens is 244 g/mol. The number of anilines is 1. The molecule has 0 saturated carbocycles. The highest BCUT2D eigenvalue weighted by Crippen LogP contribution is 2.38. The number of para-hydroxylation sites is 2. The van der Waals surface area contributed by atoms with Crippen LogP contribution in [0.2, 0.25) is 0 Å². The summed E-state index contributed by atoms with van der Waals surface area (Å²) < 4.78 is 5.47. The summed E-state index contributed by atoms with van der Waals surface area (Å²) in [6.07, 6.45) is 1.68. The Balaban J connectivity index is 2.03. The minimum Gasteiger partial charge on any atom is -0.506 e. The number of nitrogens with zero attached hydrogens (tertiary/aromatic N) is 1. The molecule has 2 aliphatic heterocycles. The van der Waals surface area contributed by atoms with E-state index in [1.54, 1.807) is 23.1 Å². The van der Waals surface area contributed by atoms with E-state index in [4.69, 9.17) is 4.74 Å². The highest BCUT2D eigenvalue weighted by Gasteiger charge is 2.45. The lowest BCUT2D eigenvalue weighted by atomic mass is 9.85. The molecule has 1 amide bonds. The lowest BCUT2D eigenvalue weighted by molar-refractivity contribution is -0.131. The van der Waals surface area contributed by atoms with Crippen LogP contribution in [0.15, 0.2) is 24.3 Å². The number of morpholine rings is 1. The molecule has 1 spiro atoms. The first-order valence-electron chi connectivity index (χ1n) is 6.62. The van der Waals surface area contributed by atoms with Crippen LogP contribution in [0.4, 0.5) is 5.69 Å². The number of amides is 1. The lowest BCUT2D eigenvalue weighted by Gasteiger charge is -2.49. The number of piperidine rings is 1. The van der Waals surface area contributed by atoms with Crippen molar-refractivity contribution in [1.82, 2.24) is 5.32 Å². The Morgan fingerprint density at radius 3 is 2.74 bits per heavy atom. The van der Waals surface area contributed by atoms with Gasteiger partial charge in [0.05, 0.1) is 17.8 Å². The molecule has 0 radical (unpaired) electrons. The zero-order valence-corrected chi connectivity index (χ0v) is 10.8. The molecule has 2 fully saturated rings. The second-order valence-electron chi connectivity index (χ2n) is 5.19. The highest BCUT2D eigenvalue weighted by molar-refractivity contribution is 5.97. The maximum Gasteiger partial charge on any atom is 0.253 e. The fraction of sp³-hybridized carbons (Fsp3) is 0.500. The summed E-state index contributed by atoms with van der Waals surface area (Å²) in [6, 6.07) is 7.01. The molecule has 3 rings (SSSR count).